The number of hydrogen-bond acceptors (Lipinski definition) is 3. The van der Waals surface area contributed by atoms with Gasteiger partial charge in [0.2, 0.25) is 0 Å². The molecular weight excluding hydrogens is 324 g/mol. The molecule has 0 saturated carbocycles. The highest BCUT2D eigenvalue weighted by Gasteiger charge is 2.19. The minimum atomic E-state index is -0.434. The fourth-order valence-electron chi connectivity index (χ4n) is 2.00. The molecule has 1 unspecified atom stereocenters. The van der Waals surface area contributed by atoms with Crippen LogP contribution in [0.25, 0.3) is 22.4 Å². The molecule has 0 aliphatic rings. The van der Waals surface area contributed by atoms with Crippen LogP contribution < -0.4 is 5.73 Å². The molecule has 3 nitrogen and oxygen atoms in total. The normalized spacial score (nSPS) is 12.0. The lowest BCUT2D eigenvalue weighted by atomic mass is 10.0. The number of benzene rings is 1. The van der Waals surface area contributed by atoms with E-state index in [2.05, 4.69) is 23.1 Å². The summed E-state index contributed by atoms with van der Waals surface area (Å²) in [5.41, 5.74) is 8.03. The Morgan fingerprint density at radius 1 is 1.41 bits per heavy atom. The van der Waals surface area contributed by atoms with E-state index >= 15 is 0 Å². The van der Waals surface area contributed by atoms with E-state index in [9.17, 15) is 4.39 Å². The molecule has 0 fully saturated rings. The highest BCUT2D eigenvalue weighted by molar-refractivity contribution is 6.48. The summed E-state index contributed by atoms with van der Waals surface area (Å²) in [6.45, 7) is 9.09. The third kappa shape index (κ3) is 3.19. The van der Waals surface area contributed by atoms with Crippen molar-refractivity contribution in [3.8, 4) is 11.3 Å². The van der Waals surface area contributed by atoms with Gasteiger partial charge in [0.1, 0.15) is 11.5 Å². The van der Waals surface area contributed by atoms with Crippen molar-refractivity contribution in [3.63, 3.8) is 0 Å². The van der Waals surface area contributed by atoms with Crippen LogP contribution in [0.4, 0.5) is 4.39 Å². The van der Waals surface area contributed by atoms with Gasteiger partial charge in [-0.05, 0) is 31.2 Å². The van der Waals surface area contributed by atoms with Gasteiger partial charge < -0.3 is 5.73 Å². The van der Waals surface area contributed by atoms with Crippen LogP contribution in [-0.4, -0.2) is 9.97 Å². The minimum absolute atomic E-state index is 0.201. The number of rotatable bonds is 4. The standard InChI is InChI=1S/C16H14Cl2FN3/c1-4-13-14(8(2)17)22-16(15(21-13)9(3)20)11-7-10(19)5-6-12(11)18/h4-7,9H,1-2,20H2,3H3. The summed E-state index contributed by atoms with van der Waals surface area (Å²) < 4.78 is 13.6. The zero-order valence-electron chi connectivity index (χ0n) is 11.9. The number of hydrogen-bond donors (Lipinski definition) is 1. The molecule has 1 aromatic carbocycles. The van der Waals surface area contributed by atoms with Crippen molar-refractivity contribution in [1.82, 2.24) is 9.97 Å². The van der Waals surface area contributed by atoms with Crippen LogP contribution in [-0.2, 0) is 0 Å². The quantitative estimate of drug-likeness (QED) is 0.870. The first kappa shape index (κ1) is 16.6. The Balaban J connectivity index is 2.83. The predicted octanol–water partition coefficient (Wildman–Crippen LogP) is 4.81. The Morgan fingerprint density at radius 2 is 2.09 bits per heavy atom. The summed E-state index contributed by atoms with van der Waals surface area (Å²) in [5, 5.41) is 0.544. The van der Waals surface area contributed by atoms with Crippen molar-refractivity contribution >= 4 is 34.3 Å². The average molecular weight is 338 g/mol. The largest absolute Gasteiger partial charge is 0.323 e. The fourth-order valence-corrected chi connectivity index (χ4v) is 2.34. The van der Waals surface area contributed by atoms with Crippen LogP contribution in [0.5, 0.6) is 0 Å². The van der Waals surface area contributed by atoms with E-state index in [4.69, 9.17) is 28.9 Å². The molecule has 22 heavy (non-hydrogen) atoms. The topological polar surface area (TPSA) is 51.8 Å². The summed E-state index contributed by atoms with van der Waals surface area (Å²) in [6, 6.07) is 3.57. The molecule has 2 N–H and O–H groups in total. The minimum Gasteiger partial charge on any atom is -0.323 e. The van der Waals surface area contributed by atoms with Gasteiger partial charge in [-0.1, -0.05) is 36.4 Å². The van der Waals surface area contributed by atoms with E-state index in [0.29, 0.717) is 33.4 Å². The monoisotopic (exact) mass is 337 g/mol. The molecule has 6 heteroatoms. The van der Waals surface area contributed by atoms with Crippen molar-refractivity contribution in [2.24, 2.45) is 5.73 Å². The Hall–Kier alpha value is -1.75. The Bertz CT molecular complexity index is 757. The summed E-state index contributed by atoms with van der Waals surface area (Å²) >= 11 is 12.1. The number of nitrogens with zero attached hydrogens (tertiary/aromatic N) is 2. The lowest BCUT2D eigenvalue weighted by molar-refractivity contribution is 0.628. The number of aromatic nitrogens is 2. The van der Waals surface area contributed by atoms with Crippen molar-refractivity contribution < 1.29 is 4.39 Å². The first-order valence-corrected chi connectivity index (χ1v) is 7.21. The lowest BCUT2D eigenvalue weighted by Crippen LogP contribution is -2.13. The Morgan fingerprint density at radius 3 is 2.64 bits per heavy atom. The molecule has 0 saturated heterocycles. The second kappa shape index (κ2) is 6.57. The van der Waals surface area contributed by atoms with Crippen molar-refractivity contribution in [2.45, 2.75) is 13.0 Å². The smallest absolute Gasteiger partial charge is 0.123 e. The van der Waals surface area contributed by atoms with E-state index in [1.165, 1.54) is 24.3 Å². The first-order chi connectivity index (χ1) is 10.3. The van der Waals surface area contributed by atoms with E-state index in [1.54, 1.807) is 6.92 Å². The van der Waals surface area contributed by atoms with Crippen LogP contribution >= 0.6 is 23.2 Å². The Labute approximate surface area is 138 Å². The average Bonchev–Trinajstić information content (AvgIpc) is 2.48. The highest BCUT2D eigenvalue weighted by atomic mass is 35.5. The molecule has 2 aromatic rings. The van der Waals surface area contributed by atoms with Crippen LogP contribution in [0, 0.1) is 5.82 Å². The number of halogens is 3. The summed E-state index contributed by atoms with van der Waals surface area (Å²) in [6.07, 6.45) is 1.51. The maximum absolute atomic E-state index is 13.6. The summed E-state index contributed by atoms with van der Waals surface area (Å²) in [7, 11) is 0. The summed E-state index contributed by atoms with van der Waals surface area (Å²) in [4.78, 5) is 8.87. The van der Waals surface area contributed by atoms with Gasteiger partial charge in [-0.3, -0.25) is 0 Å². The Kier molecular flexibility index (Phi) is 4.96. The van der Waals surface area contributed by atoms with Crippen molar-refractivity contribution in [1.29, 1.82) is 0 Å². The van der Waals surface area contributed by atoms with Gasteiger partial charge in [-0.2, -0.15) is 0 Å². The van der Waals surface area contributed by atoms with Gasteiger partial charge in [-0.15, -0.1) is 0 Å². The van der Waals surface area contributed by atoms with Gasteiger partial charge in [0.05, 0.1) is 27.1 Å². The predicted molar refractivity (Wildman–Crippen MR) is 90.0 cm³/mol. The molecular formula is C16H14Cl2FN3. The maximum Gasteiger partial charge on any atom is 0.123 e. The second-order valence-corrected chi connectivity index (χ2v) is 5.58. The molecule has 0 aliphatic carbocycles. The van der Waals surface area contributed by atoms with Crippen LogP contribution in [0.2, 0.25) is 5.02 Å². The van der Waals surface area contributed by atoms with Gasteiger partial charge in [-0.25, -0.2) is 14.4 Å². The lowest BCUT2D eigenvalue weighted by Gasteiger charge is -2.15. The van der Waals surface area contributed by atoms with E-state index in [1.807, 2.05) is 0 Å². The van der Waals surface area contributed by atoms with Crippen LogP contribution in [0.1, 0.15) is 30.0 Å². The molecule has 1 heterocycles. The highest BCUT2D eigenvalue weighted by Crippen LogP contribution is 2.33. The van der Waals surface area contributed by atoms with Crippen LogP contribution in [0.15, 0.2) is 31.4 Å². The SMILES string of the molecule is C=Cc1nc(C(C)N)c(-c2cc(F)ccc2Cl)nc1C(=C)Cl. The van der Waals surface area contributed by atoms with Crippen molar-refractivity contribution in [2.75, 3.05) is 0 Å². The van der Waals surface area contributed by atoms with Gasteiger partial charge in [0, 0.05) is 11.6 Å². The zero-order chi connectivity index (χ0) is 16.4. The molecule has 0 spiro atoms. The van der Waals surface area contributed by atoms with E-state index in [0.717, 1.165) is 0 Å². The van der Waals surface area contributed by atoms with Gasteiger partial charge in [0.25, 0.3) is 0 Å². The molecule has 2 rings (SSSR count). The van der Waals surface area contributed by atoms with E-state index < -0.39 is 11.9 Å². The maximum atomic E-state index is 13.6. The van der Waals surface area contributed by atoms with Crippen LogP contribution in [0.3, 0.4) is 0 Å². The molecule has 0 aliphatic heterocycles. The van der Waals surface area contributed by atoms with Gasteiger partial charge in [0.15, 0.2) is 0 Å². The fraction of sp³-hybridized carbons (Fsp3) is 0.125. The molecule has 0 amide bonds. The molecule has 0 bridgehead atoms. The third-order valence-electron chi connectivity index (χ3n) is 3.01. The molecule has 1 atom stereocenters. The number of nitrogens with two attached hydrogens (primary N) is 1. The second-order valence-electron chi connectivity index (χ2n) is 4.71. The van der Waals surface area contributed by atoms with Crippen molar-refractivity contribution in [3.05, 3.63) is 59.3 Å². The van der Waals surface area contributed by atoms with Gasteiger partial charge >= 0.3 is 0 Å². The third-order valence-corrected chi connectivity index (χ3v) is 3.52. The molecule has 114 valence electrons. The van der Waals surface area contributed by atoms with E-state index in [-0.39, 0.29) is 5.03 Å². The molecule has 1 aromatic heterocycles. The molecule has 0 radical (unpaired) electrons. The zero-order valence-corrected chi connectivity index (χ0v) is 13.4. The first-order valence-electron chi connectivity index (χ1n) is 6.45. The summed E-state index contributed by atoms with van der Waals surface area (Å²) in [5.74, 6) is -0.434.